The average molecular weight is 202 g/mol. The minimum Gasteiger partial charge on any atom is -0.392 e. The molecule has 4 nitrogen and oxygen atoms in total. The number of nitrogens with one attached hydrogen (secondary N) is 1. The Hall–Kier alpha value is -0.610. The average Bonchev–Trinajstić information content (AvgIpc) is 2.15. The van der Waals surface area contributed by atoms with Crippen LogP contribution in [-0.4, -0.2) is 47.7 Å². The maximum absolute atomic E-state index is 11.7. The number of rotatable bonds is 6. The van der Waals surface area contributed by atoms with Gasteiger partial charge in [-0.05, 0) is 27.7 Å². The molecule has 0 aliphatic rings. The van der Waals surface area contributed by atoms with E-state index in [1.165, 1.54) is 0 Å². The summed E-state index contributed by atoms with van der Waals surface area (Å²) in [6.45, 7) is 9.36. The predicted octanol–water partition coefficient (Wildman–Crippen LogP) is 0.214. The fraction of sp³-hybridized carbons (Fsp3) is 0.900. The maximum atomic E-state index is 11.7. The van der Waals surface area contributed by atoms with Gasteiger partial charge in [0.15, 0.2) is 0 Å². The van der Waals surface area contributed by atoms with Crippen LogP contribution in [0.2, 0.25) is 0 Å². The molecule has 0 aromatic carbocycles. The smallest absolute Gasteiger partial charge is 0.239 e. The van der Waals surface area contributed by atoms with E-state index in [9.17, 15) is 4.79 Å². The first-order valence-corrected chi connectivity index (χ1v) is 5.23. The molecule has 0 aromatic rings. The van der Waals surface area contributed by atoms with Crippen LogP contribution in [0.15, 0.2) is 0 Å². The molecule has 0 fully saturated rings. The highest BCUT2D eigenvalue weighted by Crippen LogP contribution is 1.94. The summed E-state index contributed by atoms with van der Waals surface area (Å²) in [7, 11) is 0. The first-order valence-electron chi connectivity index (χ1n) is 5.23. The van der Waals surface area contributed by atoms with Crippen LogP contribution < -0.4 is 5.32 Å². The second-order valence-electron chi connectivity index (χ2n) is 3.49. The Morgan fingerprint density at radius 2 is 1.86 bits per heavy atom. The number of aliphatic hydroxyl groups excluding tert-OH is 1. The van der Waals surface area contributed by atoms with Crippen molar-refractivity contribution in [1.29, 1.82) is 0 Å². The number of nitrogens with zero attached hydrogens (tertiary/aromatic N) is 1. The highest BCUT2D eigenvalue weighted by atomic mass is 16.3. The van der Waals surface area contributed by atoms with E-state index in [2.05, 4.69) is 5.32 Å². The van der Waals surface area contributed by atoms with Gasteiger partial charge < -0.3 is 15.3 Å². The van der Waals surface area contributed by atoms with Crippen LogP contribution >= 0.6 is 0 Å². The highest BCUT2D eigenvalue weighted by molar-refractivity contribution is 5.81. The van der Waals surface area contributed by atoms with Crippen molar-refractivity contribution in [3.8, 4) is 0 Å². The number of hydrogen-bond donors (Lipinski definition) is 2. The molecular formula is C10H22N2O2. The molecule has 0 aliphatic heterocycles. The maximum Gasteiger partial charge on any atom is 0.239 e. The van der Waals surface area contributed by atoms with Crippen molar-refractivity contribution in [3.05, 3.63) is 0 Å². The van der Waals surface area contributed by atoms with E-state index in [0.29, 0.717) is 6.54 Å². The van der Waals surface area contributed by atoms with E-state index in [1.54, 1.807) is 11.8 Å². The van der Waals surface area contributed by atoms with Crippen LogP contribution in [0.1, 0.15) is 27.7 Å². The van der Waals surface area contributed by atoms with Crippen LogP contribution in [0, 0.1) is 0 Å². The Kier molecular flexibility index (Phi) is 6.49. The van der Waals surface area contributed by atoms with Crippen molar-refractivity contribution < 1.29 is 9.90 Å². The third kappa shape index (κ3) is 4.58. The van der Waals surface area contributed by atoms with Gasteiger partial charge in [0.2, 0.25) is 5.91 Å². The highest BCUT2D eigenvalue weighted by Gasteiger charge is 2.17. The molecular weight excluding hydrogens is 180 g/mol. The van der Waals surface area contributed by atoms with Gasteiger partial charge in [-0.15, -0.1) is 0 Å². The third-order valence-corrected chi connectivity index (χ3v) is 2.16. The molecule has 2 N–H and O–H groups in total. The Balaban J connectivity index is 3.97. The standard InChI is InChI=1S/C10H22N2O2/c1-5-12(6-2)10(14)9(4)11-7-8(3)13/h8-9,11,13H,5-7H2,1-4H3. The van der Waals surface area contributed by atoms with Crippen LogP contribution in [0.4, 0.5) is 0 Å². The van der Waals surface area contributed by atoms with Crippen molar-refractivity contribution >= 4 is 5.91 Å². The molecule has 0 aliphatic carbocycles. The van der Waals surface area contributed by atoms with Gasteiger partial charge in [-0.2, -0.15) is 0 Å². The van der Waals surface area contributed by atoms with Crippen molar-refractivity contribution in [2.45, 2.75) is 39.8 Å². The number of carbonyl (C=O) groups excluding carboxylic acids is 1. The van der Waals surface area contributed by atoms with Crippen LogP contribution in [-0.2, 0) is 4.79 Å². The van der Waals surface area contributed by atoms with E-state index in [1.807, 2.05) is 20.8 Å². The van der Waals surface area contributed by atoms with Gasteiger partial charge in [-0.1, -0.05) is 0 Å². The molecule has 2 atom stereocenters. The summed E-state index contributed by atoms with van der Waals surface area (Å²) in [5.41, 5.74) is 0. The number of likely N-dealkylation sites (N-methyl/N-ethyl adjacent to an activating group) is 1. The molecule has 14 heavy (non-hydrogen) atoms. The van der Waals surface area contributed by atoms with E-state index in [-0.39, 0.29) is 11.9 Å². The van der Waals surface area contributed by atoms with E-state index >= 15 is 0 Å². The van der Waals surface area contributed by atoms with Gasteiger partial charge in [-0.3, -0.25) is 4.79 Å². The summed E-state index contributed by atoms with van der Waals surface area (Å²) in [5, 5.41) is 12.0. The van der Waals surface area contributed by atoms with Crippen molar-refractivity contribution in [2.24, 2.45) is 0 Å². The van der Waals surface area contributed by atoms with Crippen LogP contribution in [0.5, 0.6) is 0 Å². The van der Waals surface area contributed by atoms with Crippen molar-refractivity contribution in [2.75, 3.05) is 19.6 Å². The molecule has 0 aromatic heterocycles. The zero-order chi connectivity index (χ0) is 11.1. The lowest BCUT2D eigenvalue weighted by molar-refractivity contribution is -0.132. The predicted molar refractivity (Wildman–Crippen MR) is 57.1 cm³/mol. The summed E-state index contributed by atoms with van der Waals surface area (Å²) in [5.74, 6) is 0.0932. The molecule has 0 heterocycles. The zero-order valence-corrected chi connectivity index (χ0v) is 9.58. The summed E-state index contributed by atoms with van der Waals surface area (Å²) >= 11 is 0. The number of hydrogen-bond acceptors (Lipinski definition) is 3. The molecule has 0 saturated carbocycles. The topological polar surface area (TPSA) is 52.6 Å². The molecule has 0 rings (SSSR count). The van der Waals surface area contributed by atoms with Crippen LogP contribution in [0.3, 0.4) is 0 Å². The Bertz CT molecular complexity index is 168. The van der Waals surface area contributed by atoms with Gasteiger partial charge in [0, 0.05) is 19.6 Å². The first kappa shape index (κ1) is 13.4. The fourth-order valence-corrected chi connectivity index (χ4v) is 1.24. The van der Waals surface area contributed by atoms with Crippen molar-refractivity contribution in [3.63, 3.8) is 0 Å². The molecule has 0 radical (unpaired) electrons. The van der Waals surface area contributed by atoms with E-state index < -0.39 is 6.10 Å². The molecule has 2 unspecified atom stereocenters. The number of carbonyl (C=O) groups is 1. The zero-order valence-electron chi connectivity index (χ0n) is 9.58. The number of aliphatic hydroxyl groups is 1. The van der Waals surface area contributed by atoms with Crippen LogP contribution in [0.25, 0.3) is 0 Å². The molecule has 84 valence electrons. The molecule has 4 heteroatoms. The molecule has 0 saturated heterocycles. The Labute approximate surface area is 86.3 Å². The van der Waals surface area contributed by atoms with Gasteiger partial charge in [0.25, 0.3) is 0 Å². The minimum absolute atomic E-state index is 0.0932. The number of amides is 1. The minimum atomic E-state index is -0.415. The quantitative estimate of drug-likeness (QED) is 0.647. The molecule has 0 spiro atoms. The largest absolute Gasteiger partial charge is 0.392 e. The van der Waals surface area contributed by atoms with Crippen molar-refractivity contribution in [1.82, 2.24) is 10.2 Å². The summed E-state index contributed by atoms with van der Waals surface area (Å²) in [6.07, 6.45) is -0.415. The lowest BCUT2D eigenvalue weighted by Crippen LogP contribution is -2.46. The van der Waals surface area contributed by atoms with Gasteiger partial charge in [0.05, 0.1) is 12.1 Å². The molecule has 0 bridgehead atoms. The Morgan fingerprint density at radius 1 is 1.36 bits per heavy atom. The summed E-state index contributed by atoms with van der Waals surface area (Å²) < 4.78 is 0. The lowest BCUT2D eigenvalue weighted by Gasteiger charge is -2.23. The third-order valence-electron chi connectivity index (χ3n) is 2.16. The fourth-order valence-electron chi connectivity index (χ4n) is 1.24. The summed E-state index contributed by atoms with van der Waals surface area (Å²) in [6, 6.07) is -0.218. The second kappa shape index (κ2) is 6.79. The Morgan fingerprint density at radius 3 is 2.21 bits per heavy atom. The summed E-state index contributed by atoms with van der Waals surface area (Å²) in [4.78, 5) is 13.5. The van der Waals surface area contributed by atoms with Gasteiger partial charge in [-0.25, -0.2) is 0 Å². The van der Waals surface area contributed by atoms with E-state index in [4.69, 9.17) is 5.11 Å². The second-order valence-corrected chi connectivity index (χ2v) is 3.49. The molecule has 1 amide bonds. The van der Waals surface area contributed by atoms with E-state index in [0.717, 1.165) is 13.1 Å². The lowest BCUT2D eigenvalue weighted by atomic mass is 10.2. The normalized spacial score (nSPS) is 14.9. The first-order chi connectivity index (χ1) is 6.52. The SMILES string of the molecule is CCN(CC)C(=O)C(C)NCC(C)O. The van der Waals surface area contributed by atoms with Gasteiger partial charge >= 0.3 is 0 Å². The monoisotopic (exact) mass is 202 g/mol. The van der Waals surface area contributed by atoms with Gasteiger partial charge in [0.1, 0.15) is 0 Å².